The Morgan fingerprint density at radius 2 is 1.79 bits per heavy atom. The largest absolute Gasteiger partial charge is 0.452 e. The summed E-state index contributed by atoms with van der Waals surface area (Å²) in [5.41, 5.74) is -0.0874. The minimum Gasteiger partial charge on any atom is -0.452 e. The van der Waals surface area contributed by atoms with Gasteiger partial charge in [-0.05, 0) is 44.2 Å². The van der Waals surface area contributed by atoms with E-state index in [9.17, 15) is 26.8 Å². The normalized spacial score (nSPS) is 19.0. The summed E-state index contributed by atoms with van der Waals surface area (Å²) < 4.78 is 67.2. The van der Waals surface area contributed by atoms with Crippen molar-refractivity contribution in [2.24, 2.45) is 0 Å². The third-order valence-electron chi connectivity index (χ3n) is 4.81. The fourth-order valence-corrected chi connectivity index (χ4v) is 5.07. The molecule has 1 saturated heterocycles. The van der Waals surface area contributed by atoms with Gasteiger partial charge in [0, 0.05) is 13.1 Å². The molecule has 1 amide bonds. The Kier molecular flexibility index (Phi) is 8.18. The van der Waals surface area contributed by atoms with Crippen LogP contribution in [-0.2, 0) is 24.3 Å². The van der Waals surface area contributed by atoms with E-state index in [1.807, 2.05) is 0 Å². The van der Waals surface area contributed by atoms with Gasteiger partial charge in [0.25, 0.3) is 5.91 Å². The molecule has 184 valence electrons. The Balaban J connectivity index is 1.64. The number of carbonyl (C=O) groups is 2. The molecule has 0 bridgehead atoms. The summed E-state index contributed by atoms with van der Waals surface area (Å²) in [6, 6.07) is 10.8. The van der Waals surface area contributed by atoms with Crippen LogP contribution in [0.2, 0.25) is 0 Å². The highest BCUT2D eigenvalue weighted by atomic mass is 32.2. The predicted octanol–water partition coefficient (Wildman–Crippen LogP) is 2.88. The van der Waals surface area contributed by atoms with E-state index in [2.05, 4.69) is 10.1 Å². The molecule has 34 heavy (non-hydrogen) atoms. The number of esters is 1. The van der Waals surface area contributed by atoms with E-state index in [-0.39, 0.29) is 47.2 Å². The number of para-hydroxylation sites is 2. The zero-order valence-corrected chi connectivity index (χ0v) is 19.3. The van der Waals surface area contributed by atoms with E-state index >= 15 is 0 Å². The molecule has 1 fully saturated rings. The van der Waals surface area contributed by atoms with Gasteiger partial charge in [-0.2, -0.15) is 13.1 Å². The van der Waals surface area contributed by atoms with Gasteiger partial charge in [0.15, 0.2) is 6.61 Å². The number of nitrogens with one attached hydrogen (secondary N) is 1. The smallest absolute Gasteiger partial charge is 0.387 e. The van der Waals surface area contributed by atoms with Crippen molar-refractivity contribution in [3.05, 3.63) is 54.1 Å². The second kappa shape index (κ2) is 10.9. The lowest BCUT2D eigenvalue weighted by molar-refractivity contribution is -0.119. The first kappa shape index (κ1) is 25.5. The first-order valence-corrected chi connectivity index (χ1v) is 11.8. The SMILES string of the molecule is C[C@H]1CN(S(=O)(=O)c2cccc(C(=O)OCC(=O)Nc3ccccc3OC(F)F)c2)C[C@H](C)O1. The molecule has 0 saturated carbocycles. The number of hydrogen-bond acceptors (Lipinski definition) is 7. The highest BCUT2D eigenvalue weighted by Gasteiger charge is 2.32. The van der Waals surface area contributed by atoms with Crippen molar-refractivity contribution >= 4 is 27.6 Å². The maximum Gasteiger partial charge on any atom is 0.387 e. The van der Waals surface area contributed by atoms with Crippen molar-refractivity contribution in [2.45, 2.75) is 37.6 Å². The maximum atomic E-state index is 13.0. The van der Waals surface area contributed by atoms with Crippen LogP contribution in [0, 0.1) is 0 Å². The van der Waals surface area contributed by atoms with Crippen LogP contribution in [0.25, 0.3) is 0 Å². The molecule has 9 nitrogen and oxygen atoms in total. The van der Waals surface area contributed by atoms with Gasteiger partial charge in [0.1, 0.15) is 5.75 Å². The number of nitrogens with zero attached hydrogens (tertiary/aromatic N) is 1. The first-order chi connectivity index (χ1) is 16.1. The van der Waals surface area contributed by atoms with E-state index in [1.165, 1.54) is 52.8 Å². The van der Waals surface area contributed by atoms with Crippen LogP contribution in [0.5, 0.6) is 5.75 Å². The van der Waals surface area contributed by atoms with Crippen molar-refractivity contribution in [1.29, 1.82) is 0 Å². The number of carbonyl (C=O) groups excluding carboxylic acids is 2. The average Bonchev–Trinajstić information content (AvgIpc) is 2.78. The molecular formula is C22H24F2N2O7S. The standard InChI is InChI=1S/C22H24F2N2O7S/c1-14-11-26(12-15(2)32-14)34(29,30)17-7-5-6-16(10-17)21(28)31-13-20(27)25-18-8-3-4-9-19(18)33-22(23)24/h3-10,14-15,22H,11-13H2,1-2H3,(H,25,27)/t14-,15-/m0/s1. The molecule has 2 atom stereocenters. The second-order valence-corrected chi connectivity index (χ2v) is 9.54. The average molecular weight is 499 g/mol. The van der Waals surface area contributed by atoms with Gasteiger partial charge in [-0.15, -0.1) is 0 Å². The molecule has 0 unspecified atom stereocenters. The summed E-state index contributed by atoms with van der Waals surface area (Å²) in [5.74, 6) is -1.96. The van der Waals surface area contributed by atoms with Crippen LogP contribution in [0.3, 0.4) is 0 Å². The number of anilines is 1. The number of benzene rings is 2. The lowest BCUT2D eigenvalue weighted by Gasteiger charge is -2.34. The molecule has 2 aromatic carbocycles. The lowest BCUT2D eigenvalue weighted by atomic mass is 10.2. The molecule has 1 heterocycles. The zero-order valence-electron chi connectivity index (χ0n) is 18.4. The Morgan fingerprint density at radius 1 is 1.12 bits per heavy atom. The molecule has 1 aliphatic rings. The van der Waals surface area contributed by atoms with Crippen LogP contribution < -0.4 is 10.1 Å². The fraction of sp³-hybridized carbons (Fsp3) is 0.364. The summed E-state index contributed by atoms with van der Waals surface area (Å²) in [6.45, 7) is 0.0982. The molecule has 0 spiro atoms. The molecular weight excluding hydrogens is 474 g/mol. The molecule has 0 radical (unpaired) electrons. The van der Waals surface area contributed by atoms with Crippen LogP contribution in [0.15, 0.2) is 53.4 Å². The van der Waals surface area contributed by atoms with Gasteiger partial charge in [-0.25, -0.2) is 13.2 Å². The fourth-order valence-electron chi connectivity index (χ4n) is 3.43. The minimum absolute atomic E-state index is 0.0223. The summed E-state index contributed by atoms with van der Waals surface area (Å²) in [6.07, 6.45) is -0.553. The van der Waals surface area contributed by atoms with Gasteiger partial charge >= 0.3 is 12.6 Å². The zero-order chi connectivity index (χ0) is 24.9. The van der Waals surface area contributed by atoms with Gasteiger partial charge in [0.2, 0.25) is 10.0 Å². The number of morpholine rings is 1. The monoisotopic (exact) mass is 498 g/mol. The van der Waals surface area contributed by atoms with E-state index < -0.39 is 35.1 Å². The third-order valence-corrected chi connectivity index (χ3v) is 6.63. The summed E-state index contributed by atoms with van der Waals surface area (Å²) in [5, 5.41) is 2.32. The van der Waals surface area contributed by atoms with Gasteiger partial charge in [0.05, 0.1) is 28.4 Å². The highest BCUT2D eigenvalue weighted by molar-refractivity contribution is 7.89. The van der Waals surface area contributed by atoms with Crippen molar-refractivity contribution in [1.82, 2.24) is 4.31 Å². The molecule has 2 aromatic rings. The van der Waals surface area contributed by atoms with Crippen molar-refractivity contribution in [3.63, 3.8) is 0 Å². The molecule has 0 aliphatic carbocycles. The lowest BCUT2D eigenvalue weighted by Crippen LogP contribution is -2.48. The highest BCUT2D eigenvalue weighted by Crippen LogP contribution is 2.25. The molecule has 1 N–H and O–H groups in total. The van der Waals surface area contributed by atoms with Crippen LogP contribution >= 0.6 is 0 Å². The number of halogens is 2. The number of ether oxygens (including phenoxy) is 3. The first-order valence-electron chi connectivity index (χ1n) is 10.3. The van der Waals surface area contributed by atoms with Crippen LogP contribution in [-0.4, -0.2) is 63.1 Å². The Bertz CT molecular complexity index is 1130. The Labute approximate surface area is 195 Å². The van der Waals surface area contributed by atoms with E-state index in [0.717, 1.165) is 0 Å². The number of rotatable bonds is 8. The van der Waals surface area contributed by atoms with Crippen molar-refractivity contribution < 1.29 is 41.0 Å². The third kappa shape index (κ3) is 6.49. The van der Waals surface area contributed by atoms with Crippen LogP contribution in [0.4, 0.5) is 14.5 Å². The molecule has 1 aliphatic heterocycles. The quantitative estimate of drug-likeness (QED) is 0.557. The predicted molar refractivity (Wildman–Crippen MR) is 117 cm³/mol. The van der Waals surface area contributed by atoms with Crippen molar-refractivity contribution in [2.75, 3.05) is 25.0 Å². The van der Waals surface area contributed by atoms with E-state index in [0.29, 0.717) is 0 Å². The topological polar surface area (TPSA) is 111 Å². The summed E-state index contributed by atoms with van der Waals surface area (Å²) >= 11 is 0. The number of amides is 1. The van der Waals surface area contributed by atoms with Gasteiger partial charge < -0.3 is 19.5 Å². The second-order valence-electron chi connectivity index (χ2n) is 7.61. The molecule has 0 aromatic heterocycles. The van der Waals surface area contributed by atoms with E-state index in [4.69, 9.17) is 9.47 Å². The number of hydrogen-bond donors (Lipinski definition) is 1. The maximum absolute atomic E-state index is 13.0. The summed E-state index contributed by atoms with van der Waals surface area (Å²) in [4.78, 5) is 24.5. The molecule has 12 heteroatoms. The number of alkyl halides is 2. The van der Waals surface area contributed by atoms with Crippen LogP contribution in [0.1, 0.15) is 24.2 Å². The van der Waals surface area contributed by atoms with Gasteiger partial charge in [-0.1, -0.05) is 18.2 Å². The number of sulfonamides is 1. The van der Waals surface area contributed by atoms with Gasteiger partial charge in [-0.3, -0.25) is 4.79 Å². The Morgan fingerprint density at radius 3 is 2.47 bits per heavy atom. The molecule has 3 rings (SSSR count). The minimum atomic E-state index is -3.88. The summed E-state index contributed by atoms with van der Waals surface area (Å²) in [7, 11) is -3.88. The Hall–Kier alpha value is -3.09. The van der Waals surface area contributed by atoms with E-state index in [1.54, 1.807) is 13.8 Å². The van der Waals surface area contributed by atoms with Crippen molar-refractivity contribution in [3.8, 4) is 5.75 Å².